The van der Waals surface area contributed by atoms with E-state index in [9.17, 15) is 42.6 Å². The van der Waals surface area contributed by atoms with Crippen LogP contribution in [0, 0.1) is 5.82 Å². The van der Waals surface area contributed by atoms with Crippen LogP contribution in [0.5, 0.6) is 5.75 Å². The van der Waals surface area contributed by atoms with E-state index in [1.165, 1.54) is 27.3 Å². The van der Waals surface area contributed by atoms with Crippen LogP contribution in [-0.2, 0) is 36.4 Å². The molecule has 4 heterocycles. The lowest BCUT2D eigenvalue weighted by Gasteiger charge is -2.36. The Bertz CT molecular complexity index is 2310. The van der Waals surface area contributed by atoms with E-state index in [0.29, 0.717) is 41.3 Å². The number of nitrogens with one attached hydrogen (secondary N) is 3. The van der Waals surface area contributed by atoms with Crippen molar-refractivity contribution in [3.8, 4) is 5.75 Å². The van der Waals surface area contributed by atoms with Crippen molar-refractivity contribution >= 4 is 67.0 Å². The van der Waals surface area contributed by atoms with Crippen LogP contribution in [0.3, 0.4) is 0 Å². The van der Waals surface area contributed by atoms with E-state index in [2.05, 4.69) is 10.6 Å². The molecule has 0 radical (unpaired) electrons. The summed E-state index contributed by atoms with van der Waals surface area (Å²) in [5, 5.41) is 25.9. The maximum Gasteiger partial charge on any atom is 0.329 e. The molecule has 0 bridgehead atoms. The molecule has 268 valence electrons. The Hall–Kier alpha value is -5.33. The summed E-state index contributed by atoms with van der Waals surface area (Å²) in [4.78, 5) is 64.2. The third-order valence-corrected chi connectivity index (χ3v) is 11.3. The molecule has 3 saturated heterocycles. The molecular weight excluding hydrogens is 689 g/mol. The van der Waals surface area contributed by atoms with Crippen LogP contribution in [-0.4, -0.2) is 88.6 Å². The highest BCUT2D eigenvalue weighted by molar-refractivity contribution is 7.92. The van der Waals surface area contributed by atoms with Gasteiger partial charge < -0.3 is 15.5 Å². The van der Waals surface area contributed by atoms with Gasteiger partial charge in [0.15, 0.2) is 5.82 Å². The zero-order chi connectivity index (χ0) is 36.4. The van der Waals surface area contributed by atoms with Gasteiger partial charge >= 0.3 is 15.9 Å². The topological polar surface area (TPSA) is 212 Å². The number of likely N-dealkylation sites (tertiary alicyclic amines) is 1. The number of phenolic OH excluding ortho intramolecular Hbond substituents is 1. The molecule has 51 heavy (non-hydrogen) atoms. The van der Waals surface area contributed by atoms with Crippen LogP contribution in [0.25, 0.3) is 21.8 Å². The van der Waals surface area contributed by atoms with Crippen LogP contribution >= 0.6 is 0 Å². The smallest absolute Gasteiger partial charge is 0.329 e. The van der Waals surface area contributed by atoms with Crippen molar-refractivity contribution in [2.45, 2.75) is 43.7 Å². The molecule has 5 N–H and O–H groups in total. The number of hydrogen-bond acceptors (Lipinski definition) is 10. The number of piperidine rings is 2. The number of anilines is 2. The molecule has 1 aromatic heterocycles. The number of nitrogens with zero attached hydrogens (tertiary/aromatic N) is 4. The third-order valence-electron chi connectivity index (χ3n) is 9.92. The summed E-state index contributed by atoms with van der Waals surface area (Å²) >= 11 is 0. The number of benzene rings is 3. The number of carbonyl (C=O) groups excluding carboxylic acids is 4. The summed E-state index contributed by atoms with van der Waals surface area (Å²) in [7, 11) is -2.74. The first kappa shape index (κ1) is 34.1. The molecule has 3 aliphatic rings. The molecule has 0 saturated carbocycles. The third kappa shape index (κ3) is 5.98. The van der Waals surface area contributed by atoms with Gasteiger partial charge in [0.05, 0.1) is 17.6 Å². The summed E-state index contributed by atoms with van der Waals surface area (Å²) in [6.07, 6.45) is 1.69. The highest BCUT2D eigenvalue weighted by Crippen LogP contribution is 2.39. The molecule has 3 fully saturated rings. The molecular formula is C33H34FN7O9S. The molecule has 4 aromatic rings. The summed E-state index contributed by atoms with van der Waals surface area (Å²) in [6, 6.07) is 9.24. The first-order chi connectivity index (χ1) is 24.3. The molecule has 0 aliphatic carbocycles. The minimum Gasteiger partial charge on any atom is -0.506 e. The van der Waals surface area contributed by atoms with Crippen molar-refractivity contribution in [3.63, 3.8) is 0 Å². The number of aromatic nitrogens is 2. The highest BCUT2D eigenvalue weighted by atomic mass is 32.2. The summed E-state index contributed by atoms with van der Waals surface area (Å²) in [6.45, 7) is -0.202. The number of halogens is 1. The van der Waals surface area contributed by atoms with Crippen molar-refractivity contribution in [1.29, 1.82) is 0 Å². The number of fused-ring (bicyclic) bond motifs is 2. The Morgan fingerprint density at radius 3 is 2.43 bits per heavy atom. The fourth-order valence-corrected chi connectivity index (χ4v) is 8.46. The van der Waals surface area contributed by atoms with Gasteiger partial charge in [0, 0.05) is 24.5 Å². The van der Waals surface area contributed by atoms with E-state index in [4.69, 9.17) is 0 Å². The van der Waals surface area contributed by atoms with Gasteiger partial charge in [0.1, 0.15) is 30.1 Å². The minimum absolute atomic E-state index is 0.0538. The Balaban J connectivity index is 1.03. The fourth-order valence-electron chi connectivity index (χ4n) is 7.30. The summed E-state index contributed by atoms with van der Waals surface area (Å²) in [5.41, 5.74) is 1.47. The van der Waals surface area contributed by atoms with E-state index >= 15 is 4.39 Å². The van der Waals surface area contributed by atoms with Crippen molar-refractivity contribution in [3.05, 3.63) is 64.3 Å². The van der Waals surface area contributed by atoms with Crippen LogP contribution < -0.4 is 25.4 Å². The maximum atomic E-state index is 15.5. The first-order valence-corrected chi connectivity index (χ1v) is 17.7. The van der Waals surface area contributed by atoms with Gasteiger partial charge in [-0.2, -0.15) is 8.42 Å². The number of aliphatic hydroxyl groups excluding tert-OH is 1. The summed E-state index contributed by atoms with van der Waals surface area (Å²) in [5.74, 6) is -3.92. The van der Waals surface area contributed by atoms with E-state index in [-0.39, 0.29) is 46.8 Å². The first-order valence-electron chi connectivity index (χ1n) is 16.3. The molecule has 16 nitrogen and oxygen atoms in total. The van der Waals surface area contributed by atoms with Crippen LogP contribution in [0.15, 0.2) is 47.3 Å². The van der Waals surface area contributed by atoms with E-state index < -0.39 is 70.4 Å². The Kier molecular flexibility index (Phi) is 8.55. The number of aromatic hydroxyl groups is 1. The molecule has 3 aromatic carbocycles. The number of imidazole rings is 1. The van der Waals surface area contributed by atoms with E-state index in [0.717, 1.165) is 11.6 Å². The largest absolute Gasteiger partial charge is 0.506 e. The monoisotopic (exact) mass is 723 g/mol. The second-order valence-corrected chi connectivity index (χ2v) is 14.6. The number of hydrogen-bond donors (Lipinski definition) is 5. The predicted molar refractivity (Wildman–Crippen MR) is 182 cm³/mol. The van der Waals surface area contributed by atoms with Crippen molar-refractivity contribution < 1.29 is 42.2 Å². The molecule has 1 unspecified atom stereocenters. The van der Waals surface area contributed by atoms with Crippen LogP contribution in [0.4, 0.5) is 15.8 Å². The second-order valence-electron chi connectivity index (χ2n) is 13.0. The zero-order valence-electron chi connectivity index (χ0n) is 27.3. The number of carbonyl (C=O) groups is 4. The van der Waals surface area contributed by atoms with Gasteiger partial charge in [-0.3, -0.25) is 38.5 Å². The van der Waals surface area contributed by atoms with Crippen LogP contribution in [0.1, 0.15) is 43.2 Å². The maximum absolute atomic E-state index is 15.5. The lowest BCUT2D eigenvalue weighted by atomic mass is 9.88. The van der Waals surface area contributed by atoms with Crippen molar-refractivity contribution in [1.82, 2.24) is 24.1 Å². The molecule has 3 aliphatic heterocycles. The molecule has 2 atom stereocenters. The van der Waals surface area contributed by atoms with Gasteiger partial charge in [-0.25, -0.2) is 18.2 Å². The van der Waals surface area contributed by atoms with Crippen LogP contribution in [0.2, 0.25) is 0 Å². The van der Waals surface area contributed by atoms with Gasteiger partial charge in [-0.15, -0.1) is 0 Å². The lowest BCUT2D eigenvalue weighted by molar-refractivity contribution is -0.135. The predicted octanol–water partition coefficient (Wildman–Crippen LogP) is 0.676. The fraction of sp³-hybridized carbons (Fsp3) is 0.364. The van der Waals surface area contributed by atoms with Gasteiger partial charge in [0.2, 0.25) is 17.7 Å². The van der Waals surface area contributed by atoms with Crippen molar-refractivity contribution in [2.24, 2.45) is 7.05 Å². The number of phenols is 1. The van der Waals surface area contributed by atoms with Gasteiger partial charge in [-0.05, 0) is 85.6 Å². The number of rotatable bonds is 7. The standard InChI is InChI=1S/C33H34FN7O9S/c1-38-24-13-18(2-5-22(24)41(33(38)48)23-6-7-27(44)36-31(23)46)17-8-10-39(11-9-17)25(16-42)32(47)35-20-3-4-21-19(12-20)14-26(43)30(29(21)34)40-15-28(45)37-51(40,49)50/h2-5,12-14,17,23,25,42-43H,6-11,15-16H2,1H3,(H,35,47)(H,37,45)(H,36,44,46)/t23?,25-/m0/s1. The van der Waals surface area contributed by atoms with Gasteiger partial charge in [0.25, 0.3) is 5.91 Å². The molecule has 7 rings (SSSR count). The Morgan fingerprint density at radius 2 is 1.76 bits per heavy atom. The lowest BCUT2D eigenvalue weighted by Crippen LogP contribution is -2.49. The summed E-state index contributed by atoms with van der Waals surface area (Å²) < 4.78 is 45.1. The number of aryl methyl sites for hydroxylation is 1. The van der Waals surface area contributed by atoms with E-state index in [1.54, 1.807) is 11.8 Å². The van der Waals surface area contributed by atoms with Crippen molar-refractivity contribution in [2.75, 3.05) is 35.9 Å². The SMILES string of the molecule is Cn1c(=O)n(C2CCC(=O)NC2=O)c2ccc(C3CCN([C@@H](CO)C(=O)Nc4ccc5c(F)c(N6CC(=O)NS6(=O)=O)c(O)cc5c4)CC3)cc21. The molecule has 18 heteroatoms. The van der Waals surface area contributed by atoms with E-state index in [1.807, 2.05) is 23.1 Å². The molecule has 0 spiro atoms. The Labute approximate surface area is 289 Å². The average Bonchev–Trinajstić information content (AvgIpc) is 3.50. The second kappa shape index (κ2) is 12.8. The number of imide groups is 1. The number of aliphatic hydroxyl groups is 1. The highest BCUT2D eigenvalue weighted by Gasteiger charge is 2.38. The normalized spacial score (nSPS) is 20.5. The Morgan fingerprint density at radius 1 is 1.02 bits per heavy atom. The zero-order valence-corrected chi connectivity index (χ0v) is 28.1. The minimum atomic E-state index is -4.37. The quantitative estimate of drug-likeness (QED) is 0.168. The average molecular weight is 724 g/mol. The number of amides is 4. The van der Waals surface area contributed by atoms with Gasteiger partial charge in [-0.1, -0.05) is 6.07 Å². The molecule has 4 amide bonds.